The van der Waals surface area contributed by atoms with Gasteiger partial charge in [-0.1, -0.05) is 13.8 Å². The molecule has 0 atom stereocenters. The molecule has 0 aliphatic heterocycles. The number of anilines is 1. The maximum Gasteiger partial charge on any atom is 0.261 e. The van der Waals surface area contributed by atoms with E-state index in [2.05, 4.69) is 5.32 Å². The first-order chi connectivity index (χ1) is 8.79. The maximum absolute atomic E-state index is 13.7. The number of halogens is 2. The second-order valence-corrected chi connectivity index (χ2v) is 6.65. The molecule has 7 heteroatoms. The zero-order chi connectivity index (χ0) is 14.6. The third-order valence-corrected chi connectivity index (χ3v) is 4.19. The Morgan fingerprint density at radius 1 is 1.37 bits per heavy atom. The van der Waals surface area contributed by atoms with Crippen LogP contribution in [0.3, 0.4) is 0 Å². The number of hydrogen-bond acceptors (Lipinski definition) is 3. The van der Waals surface area contributed by atoms with E-state index in [1.807, 2.05) is 13.8 Å². The van der Waals surface area contributed by atoms with E-state index in [1.54, 1.807) is 0 Å². The molecule has 4 nitrogen and oxygen atoms in total. The summed E-state index contributed by atoms with van der Waals surface area (Å²) >= 11 is 0. The van der Waals surface area contributed by atoms with Gasteiger partial charge in [0.2, 0.25) is 5.91 Å². The summed E-state index contributed by atoms with van der Waals surface area (Å²) in [6.07, 6.45) is 1.30. The molecule has 0 saturated carbocycles. The lowest BCUT2D eigenvalue weighted by molar-refractivity contribution is -0.120. The first-order valence-corrected chi connectivity index (χ1v) is 8.15. The lowest BCUT2D eigenvalue weighted by Crippen LogP contribution is -2.22. The van der Waals surface area contributed by atoms with Gasteiger partial charge in [-0.25, -0.2) is 12.8 Å². The van der Waals surface area contributed by atoms with Gasteiger partial charge < -0.3 is 5.32 Å². The van der Waals surface area contributed by atoms with Gasteiger partial charge >= 0.3 is 0 Å². The Balaban J connectivity index is 2.96. The van der Waals surface area contributed by atoms with E-state index >= 15 is 0 Å². The van der Waals surface area contributed by atoms with Gasteiger partial charge in [-0.05, 0) is 31.0 Å². The molecule has 106 valence electrons. The molecule has 0 unspecified atom stereocenters. The van der Waals surface area contributed by atoms with Crippen molar-refractivity contribution in [3.8, 4) is 0 Å². The Morgan fingerprint density at radius 2 is 1.95 bits per heavy atom. The third kappa shape index (κ3) is 4.18. The molecular formula is C12H15ClFNO3S. The predicted octanol–water partition coefficient (Wildman–Crippen LogP) is 3.13. The summed E-state index contributed by atoms with van der Waals surface area (Å²) < 4.78 is 35.7. The Hall–Kier alpha value is -1.14. The minimum atomic E-state index is -3.98. The molecule has 1 N–H and O–H groups in total. The Morgan fingerprint density at radius 3 is 2.37 bits per heavy atom. The zero-order valence-corrected chi connectivity index (χ0v) is 12.2. The highest BCUT2D eigenvalue weighted by molar-refractivity contribution is 8.13. The van der Waals surface area contributed by atoms with Crippen molar-refractivity contribution in [3.63, 3.8) is 0 Å². The van der Waals surface area contributed by atoms with Gasteiger partial charge in [-0.2, -0.15) is 0 Å². The minimum Gasteiger partial charge on any atom is -0.323 e. The van der Waals surface area contributed by atoms with Crippen LogP contribution >= 0.6 is 10.7 Å². The smallest absolute Gasteiger partial charge is 0.261 e. The summed E-state index contributed by atoms with van der Waals surface area (Å²) in [5.74, 6) is -1.32. The van der Waals surface area contributed by atoms with Crippen LogP contribution in [0.15, 0.2) is 23.1 Å². The molecule has 0 heterocycles. The fourth-order valence-corrected chi connectivity index (χ4v) is 2.41. The summed E-state index contributed by atoms with van der Waals surface area (Å²) in [6.45, 7) is 3.74. The number of carbonyl (C=O) groups is 1. The molecule has 0 aromatic heterocycles. The first-order valence-electron chi connectivity index (χ1n) is 5.84. The van der Waals surface area contributed by atoms with Crippen LogP contribution in [0, 0.1) is 11.7 Å². The van der Waals surface area contributed by atoms with Gasteiger partial charge in [0.05, 0.1) is 10.6 Å². The summed E-state index contributed by atoms with van der Waals surface area (Å²) in [6, 6.07) is 3.11. The van der Waals surface area contributed by atoms with Gasteiger partial charge in [-0.3, -0.25) is 4.79 Å². The number of rotatable bonds is 5. The summed E-state index contributed by atoms with van der Waals surface area (Å²) in [5.41, 5.74) is -0.0547. The number of carbonyl (C=O) groups excluding carboxylic acids is 1. The number of benzene rings is 1. The van der Waals surface area contributed by atoms with Crippen molar-refractivity contribution in [2.75, 3.05) is 5.32 Å². The van der Waals surface area contributed by atoms with Crippen LogP contribution in [0.5, 0.6) is 0 Å². The summed E-state index contributed by atoms with van der Waals surface area (Å²) in [7, 11) is 1.13. The Labute approximate surface area is 116 Å². The molecule has 0 bridgehead atoms. The van der Waals surface area contributed by atoms with Crippen LogP contribution in [-0.4, -0.2) is 14.3 Å². The molecule has 1 rings (SSSR count). The zero-order valence-electron chi connectivity index (χ0n) is 10.6. The monoisotopic (exact) mass is 307 g/mol. The van der Waals surface area contributed by atoms with Gasteiger partial charge in [-0.15, -0.1) is 0 Å². The first kappa shape index (κ1) is 15.9. The van der Waals surface area contributed by atoms with Crippen molar-refractivity contribution in [1.29, 1.82) is 0 Å². The highest BCUT2D eigenvalue weighted by Crippen LogP contribution is 2.22. The minimum absolute atomic E-state index is 0.0547. The van der Waals surface area contributed by atoms with Crippen LogP contribution in [0.2, 0.25) is 0 Å². The van der Waals surface area contributed by atoms with E-state index in [4.69, 9.17) is 10.7 Å². The van der Waals surface area contributed by atoms with E-state index < -0.39 is 14.9 Å². The highest BCUT2D eigenvalue weighted by atomic mass is 35.7. The standard InChI is InChI=1S/C12H15ClFNO3S/c1-3-8(4-2)12(16)15-11-6-5-9(7-10(11)14)19(13,17)18/h5-8H,3-4H2,1-2H3,(H,15,16). The van der Waals surface area contributed by atoms with Crippen molar-refractivity contribution >= 4 is 31.3 Å². The molecule has 0 aliphatic rings. The molecule has 0 aliphatic carbocycles. The van der Waals surface area contributed by atoms with Gasteiger partial charge in [0.25, 0.3) is 9.05 Å². The predicted molar refractivity (Wildman–Crippen MR) is 72.1 cm³/mol. The second-order valence-electron chi connectivity index (χ2n) is 4.08. The molecule has 0 saturated heterocycles. The second kappa shape index (κ2) is 6.34. The number of amides is 1. The fraction of sp³-hybridized carbons (Fsp3) is 0.417. The maximum atomic E-state index is 13.7. The summed E-state index contributed by atoms with van der Waals surface area (Å²) in [4.78, 5) is 11.4. The van der Waals surface area contributed by atoms with Crippen LogP contribution in [0.4, 0.5) is 10.1 Å². The van der Waals surface area contributed by atoms with Crippen LogP contribution in [0.25, 0.3) is 0 Å². The van der Waals surface area contributed by atoms with Crippen molar-refractivity contribution in [2.45, 2.75) is 31.6 Å². The van der Waals surface area contributed by atoms with E-state index in [9.17, 15) is 17.6 Å². The molecule has 19 heavy (non-hydrogen) atoms. The molecule has 1 aromatic rings. The van der Waals surface area contributed by atoms with E-state index in [0.717, 1.165) is 12.1 Å². The molecule has 1 amide bonds. The lowest BCUT2D eigenvalue weighted by Gasteiger charge is -2.13. The highest BCUT2D eigenvalue weighted by Gasteiger charge is 2.17. The van der Waals surface area contributed by atoms with Crippen LogP contribution in [0.1, 0.15) is 26.7 Å². The average Bonchev–Trinajstić information content (AvgIpc) is 2.32. The van der Waals surface area contributed by atoms with Crippen LogP contribution < -0.4 is 5.32 Å². The number of nitrogens with one attached hydrogen (secondary N) is 1. The lowest BCUT2D eigenvalue weighted by atomic mass is 10.0. The molecule has 0 radical (unpaired) electrons. The van der Waals surface area contributed by atoms with Gasteiger partial charge in [0.1, 0.15) is 5.82 Å². The van der Waals surface area contributed by atoms with Crippen LogP contribution in [-0.2, 0) is 13.8 Å². The fourth-order valence-electron chi connectivity index (χ4n) is 1.64. The van der Waals surface area contributed by atoms with Gasteiger partial charge in [0, 0.05) is 16.6 Å². The van der Waals surface area contributed by atoms with Crippen molar-refractivity contribution in [1.82, 2.24) is 0 Å². The molecular weight excluding hydrogens is 293 g/mol. The quantitative estimate of drug-likeness (QED) is 0.850. The van der Waals surface area contributed by atoms with Crippen molar-refractivity contribution in [2.24, 2.45) is 5.92 Å². The Kier molecular flexibility index (Phi) is 5.31. The molecule has 1 aromatic carbocycles. The SMILES string of the molecule is CCC(CC)C(=O)Nc1ccc(S(=O)(=O)Cl)cc1F. The average molecular weight is 308 g/mol. The normalized spacial score (nSPS) is 11.6. The molecule has 0 spiro atoms. The topological polar surface area (TPSA) is 63.2 Å². The largest absolute Gasteiger partial charge is 0.323 e. The third-order valence-electron chi connectivity index (χ3n) is 2.84. The summed E-state index contributed by atoms with van der Waals surface area (Å²) in [5, 5.41) is 2.44. The molecule has 0 fully saturated rings. The van der Waals surface area contributed by atoms with E-state index in [0.29, 0.717) is 12.8 Å². The van der Waals surface area contributed by atoms with E-state index in [1.165, 1.54) is 6.07 Å². The van der Waals surface area contributed by atoms with Gasteiger partial charge in [0.15, 0.2) is 0 Å². The number of hydrogen-bond donors (Lipinski definition) is 1. The van der Waals surface area contributed by atoms with E-state index in [-0.39, 0.29) is 22.4 Å². The van der Waals surface area contributed by atoms with Crippen molar-refractivity contribution in [3.05, 3.63) is 24.0 Å². The Bertz CT molecular complexity index is 570. The van der Waals surface area contributed by atoms with Crippen molar-refractivity contribution < 1.29 is 17.6 Å².